The molecule has 3 rings (SSSR count). The van der Waals surface area contributed by atoms with E-state index in [4.69, 9.17) is 21.4 Å². The molecule has 1 N–H and O–H groups in total. The highest BCUT2D eigenvalue weighted by atomic mass is 35.5. The maximum Gasteiger partial charge on any atom is 0.271 e. The van der Waals surface area contributed by atoms with E-state index in [1.807, 2.05) is 38.1 Å². The first-order valence-corrected chi connectivity index (χ1v) is 11.0. The van der Waals surface area contributed by atoms with Gasteiger partial charge in [-0.2, -0.15) is 0 Å². The van der Waals surface area contributed by atoms with Crippen molar-refractivity contribution < 1.29 is 19.4 Å². The van der Waals surface area contributed by atoms with Crippen LogP contribution in [0.5, 0.6) is 5.75 Å². The number of para-hydroxylation sites is 1. The van der Waals surface area contributed by atoms with E-state index in [1.165, 1.54) is 11.8 Å². The normalized spacial score (nSPS) is 16.4. The van der Waals surface area contributed by atoms with E-state index in [-0.39, 0.29) is 12.5 Å². The van der Waals surface area contributed by atoms with Gasteiger partial charge in [0.05, 0.1) is 15.6 Å². The van der Waals surface area contributed by atoms with Gasteiger partial charge in [0.1, 0.15) is 19.0 Å². The number of hydrogen-bond acceptors (Lipinski definition) is 6. The molecule has 0 unspecified atom stereocenters. The van der Waals surface area contributed by atoms with Crippen LogP contribution in [-0.2, 0) is 9.59 Å². The first kappa shape index (κ1) is 23.1. The molecule has 0 bridgehead atoms. The summed E-state index contributed by atoms with van der Waals surface area (Å²) in [6.45, 7) is 3.80. The van der Waals surface area contributed by atoms with Crippen molar-refractivity contribution in [3.63, 3.8) is 0 Å². The van der Waals surface area contributed by atoms with Crippen LogP contribution in [0.1, 0.15) is 24.5 Å². The second kappa shape index (κ2) is 10.6. The highest BCUT2D eigenvalue weighted by Crippen LogP contribution is 2.38. The van der Waals surface area contributed by atoms with Crippen LogP contribution in [-0.4, -0.2) is 41.7 Å². The lowest BCUT2D eigenvalue weighted by Crippen LogP contribution is -2.29. The summed E-state index contributed by atoms with van der Waals surface area (Å²) in [5.74, 6) is -0.243. The molecule has 8 heteroatoms. The fraction of sp³-hybridized carbons (Fsp3) is 0.261. The van der Waals surface area contributed by atoms with Gasteiger partial charge in [-0.3, -0.25) is 19.5 Å². The van der Waals surface area contributed by atoms with E-state index in [1.54, 1.807) is 29.2 Å². The van der Waals surface area contributed by atoms with Crippen molar-refractivity contribution in [1.82, 2.24) is 0 Å². The molecule has 0 radical (unpaired) electrons. The van der Waals surface area contributed by atoms with Gasteiger partial charge >= 0.3 is 0 Å². The van der Waals surface area contributed by atoms with E-state index < -0.39 is 12.4 Å². The van der Waals surface area contributed by atoms with Gasteiger partial charge in [0, 0.05) is 6.54 Å². The Morgan fingerprint density at radius 3 is 2.74 bits per heavy atom. The number of benzene rings is 2. The minimum Gasteiger partial charge on any atom is -0.484 e. The smallest absolute Gasteiger partial charge is 0.271 e. The van der Waals surface area contributed by atoms with Gasteiger partial charge in [-0.25, -0.2) is 0 Å². The Hall–Kier alpha value is -2.61. The largest absolute Gasteiger partial charge is 0.484 e. The second-order valence-electron chi connectivity index (χ2n) is 6.88. The lowest BCUT2D eigenvalue weighted by molar-refractivity contribution is -0.123. The van der Waals surface area contributed by atoms with Gasteiger partial charge in [0.2, 0.25) is 0 Å². The predicted molar refractivity (Wildman–Crippen MR) is 126 cm³/mol. The average Bonchev–Trinajstić information content (AvgIpc) is 3.06. The van der Waals surface area contributed by atoms with Crippen LogP contribution >= 0.6 is 23.4 Å². The van der Waals surface area contributed by atoms with Crippen LogP contribution < -0.4 is 9.64 Å². The number of aliphatic hydroxyl groups excluding tert-OH is 1. The molecule has 1 aliphatic rings. The number of rotatable bonds is 8. The van der Waals surface area contributed by atoms with Crippen LogP contribution in [0.2, 0.25) is 5.02 Å². The maximum atomic E-state index is 13.2. The average molecular weight is 459 g/mol. The molecule has 1 fully saturated rings. The number of carbonyl (C=O) groups is 2. The third-order valence-electron chi connectivity index (χ3n) is 4.45. The Morgan fingerprint density at radius 1 is 1.29 bits per heavy atom. The number of Topliss-reactive ketones (excluding diaryl/α,β-unsaturated/α-hetero) is 1. The number of carbonyl (C=O) groups excluding carboxylic acids is 2. The fourth-order valence-corrected chi connectivity index (χ4v) is 4.13. The Bertz CT molecular complexity index is 1050. The summed E-state index contributed by atoms with van der Waals surface area (Å²) in [5.41, 5.74) is 2.53. The van der Waals surface area contributed by atoms with Gasteiger partial charge in [-0.05, 0) is 60.5 Å². The third kappa shape index (κ3) is 5.55. The van der Waals surface area contributed by atoms with Gasteiger partial charge in [-0.15, -0.1) is 0 Å². The molecule has 1 saturated heterocycles. The number of aryl methyl sites for hydroxylation is 1. The Kier molecular flexibility index (Phi) is 7.90. The number of anilines is 1. The van der Waals surface area contributed by atoms with Crippen LogP contribution in [0.3, 0.4) is 0 Å². The summed E-state index contributed by atoms with van der Waals surface area (Å²) < 4.78 is 5.32. The maximum absolute atomic E-state index is 13.2. The van der Waals surface area contributed by atoms with Crippen LogP contribution in [0, 0.1) is 6.92 Å². The Morgan fingerprint density at radius 2 is 2.06 bits per heavy atom. The molecular weight excluding hydrogens is 436 g/mol. The lowest BCUT2D eigenvalue weighted by Gasteiger charge is -2.17. The zero-order chi connectivity index (χ0) is 22.4. The zero-order valence-corrected chi connectivity index (χ0v) is 18.9. The van der Waals surface area contributed by atoms with E-state index >= 15 is 0 Å². The topological polar surface area (TPSA) is 79.2 Å². The van der Waals surface area contributed by atoms with Crippen LogP contribution in [0.4, 0.5) is 5.69 Å². The van der Waals surface area contributed by atoms with Crippen molar-refractivity contribution >= 4 is 52.0 Å². The minimum atomic E-state index is -0.583. The van der Waals surface area contributed by atoms with Gasteiger partial charge in [-0.1, -0.05) is 42.8 Å². The van der Waals surface area contributed by atoms with Crippen molar-refractivity contribution in [1.29, 1.82) is 0 Å². The van der Waals surface area contributed by atoms with Crippen LogP contribution in [0.15, 0.2) is 52.4 Å². The Labute approximate surface area is 190 Å². The van der Waals surface area contributed by atoms with Crippen molar-refractivity contribution in [2.24, 2.45) is 4.99 Å². The van der Waals surface area contributed by atoms with Gasteiger partial charge in [0.15, 0.2) is 11.0 Å². The summed E-state index contributed by atoms with van der Waals surface area (Å²) in [5, 5.41) is 9.75. The number of thioether (sulfide) groups is 1. The number of nitrogens with zero attached hydrogens (tertiary/aromatic N) is 2. The Balaban J connectivity index is 1.88. The van der Waals surface area contributed by atoms with Crippen molar-refractivity contribution in [3.05, 3.63) is 63.5 Å². The SMILES string of the molecule is CCC/N=C1\S/C(=C/c2ccc(OCC(=O)CO)c(Cl)c2)C(=O)N1c1ccccc1C. The molecular formula is C23H23ClN2O4S. The summed E-state index contributed by atoms with van der Waals surface area (Å²) >= 11 is 7.60. The molecule has 6 nitrogen and oxygen atoms in total. The molecule has 0 aromatic heterocycles. The van der Waals surface area contributed by atoms with Gasteiger partial charge < -0.3 is 9.84 Å². The monoisotopic (exact) mass is 458 g/mol. The van der Waals surface area contributed by atoms with Crippen molar-refractivity contribution in [2.75, 3.05) is 24.7 Å². The molecule has 2 aromatic carbocycles. The zero-order valence-electron chi connectivity index (χ0n) is 17.3. The lowest BCUT2D eigenvalue weighted by atomic mass is 10.1. The van der Waals surface area contributed by atoms with Crippen molar-refractivity contribution in [3.8, 4) is 5.75 Å². The number of amides is 1. The van der Waals surface area contributed by atoms with Crippen LogP contribution in [0.25, 0.3) is 6.08 Å². The molecule has 31 heavy (non-hydrogen) atoms. The number of halogens is 1. The standard InChI is InChI=1S/C23H23ClN2O4S/c1-3-10-25-23-26(19-7-5-4-6-15(19)2)22(29)21(31-23)12-16-8-9-20(18(24)11-16)30-14-17(28)13-27/h4-9,11-12,27H,3,10,13-14H2,1-2H3/b21-12+,25-23-. The summed E-state index contributed by atoms with van der Waals surface area (Å²) in [6, 6.07) is 12.8. The number of amidine groups is 1. The molecule has 1 aliphatic heterocycles. The summed E-state index contributed by atoms with van der Waals surface area (Å²) in [7, 11) is 0. The van der Waals surface area contributed by atoms with Crippen molar-refractivity contribution in [2.45, 2.75) is 20.3 Å². The number of aliphatic imine (C=N–C) groups is 1. The molecule has 0 aliphatic carbocycles. The minimum absolute atomic E-state index is 0.140. The second-order valence-corrected chi connectivity index (χ2v) is 8.29. The molecule has 1 amide bonds. The number of ether oxygens (including phenoxy) is 1. The highest BCUT2D eigenvalue weighted by molar-refractivity contribution is 8.19. The molecule has 162 valence electrons. The van der Waals surface area contributed by atoms with E-state index in [2.05, 4.69) is 4.99 Å². The number of hydrogen-bond donors (Lipinski definition) is 1. The summed E-state index contributed by atoms with van der Waals surface area (Å²) in [6.07, 6.45) is 2.65. The molecule has 1 heterocycles. The first-order valence-electron chi connectivity index (χ1n) is 9.83. The number of aliphatic hydroxyl groups is 1. The van der Waals surface area contributed by atoms with E-state index in [0.29, 0.717) is 27.4 Å². The van der Waals surface area contributed by atoms with E-state index in [9.17, 15) is 9.59 Å². The fourth-order valence-electron chi connectivity index (χ4n) is 2.89. The number of ketones is 1. The quantitative estimate of drug-likeness (QED) is 0.590. The first-order chi connectivity index (χ1) is 14.9. The molecule has 0 atom stereocenters. The predicted octanol–water partition coefficient (Wildman–Crippen LogP) is 4.48. The van der Waals surface area contributed by atoms with Gasteiger partial charge in [0.25, 0.3) is 5.91 Å². The van der Waals surface area contributed by atoms with E-state index in [0.717, 1.165) is 23.2 Å². The molecule has 0 spiro atoms. The highest BCUT2D eigenvalue weighted by Gasteiger charge is 2.35. The summed E-state index contributed by atoms with van der Waals surface area (Å²) in [4.78, 5) is 31.3. The molecule has 0 saturated carbocycles. The molecule has 2 aromatic rings. The third-order valence-corrected chi connectivity index (χ3v) is 5.75.